The summed E-state index contributed by atoms with van der Waals surface area (Å²) in [5, 5.41) is 9.59. The van der Waals surface area contributed by atoms with Crippen LogP contribution in [0.5, 0.6) is 0 Å². The van der Waals surface area contributed by atoms with Gasteiger partial charge in [0.25, 0.3) is 0 Å². The molecule has 1 heterocycles. The Balaban J connectivity index is 0.00000288. The van der Waals surface area contributed by atoms with Gasteiger partial charge in [0.2, 0.25) is 5.91 Å². The Morgan fingerprint density at radius 1 is 1.17 bits per heavy atom. The van der Waals surface area contributed by atoms with Crippen LogP contribution in [0.4, 0.5) is 0 Å². The number of rotatable bonds is 7. The minimum Gasteiger partial charge on any atom is -0.357 e. The fourth-order valence-corrected chi connectivity index (χ4v) is 2.90. The Kier molecular flexibility index (Phi) is 9.33. The van der Waals surface area contributed by atoms with E-state index in [1.54, 1.807) is 0 Å². The zero-order valence-electron chi connectivity index (χ0n) is 15.4. The number of piperidine rings is 1. The summed E-state index contributed by atoms with van der Waals surface area (Å²) in [7, 11) is 0. The summed E-state index contributed by atoms with van der Waals surface area (Å²) in [6.45, 7) is 10.7. The van der Waals surface area contributed by atoms with E-state index in [2.05, 4.69) is 39.7 Å². The third kappa shape index (κ3) is 7.55. The van der Waals surface area contributed by atoms with Crippen molar-refractivity contribution >= 4 is 35.8 Å². The van der Waals surface area contributed by atoms with Crippen molar-refractivity contribution in [3.63, 3.8) is 0 Å². The number of hydrogen-bond acceptors (Lipinski definition) is 3. The largest absolute Gasteiger partial charge is 0.357 e. The molecule has 7 heteroatoms. The molecule has 2 aliphatic rings. The van der Waals surface area contributed by atoms with Crippen molar-refractivity contribution in [2.24, 2.45) is 4.99 Å². The summed E-state index contributed by atoms with van der Waals surface area (Å²) in [6, 6.07) is 0.395. The lowest BCUT2D eigenvalue weighted by Gasteiger charge is -2.41. The molecule has 1 amide bonds. The van der Waals surface area contributed by atoms with Crippen molar-refractivity contribution in [3.05, 3.63) is 0 Å². The van der Waals surface area contributed by atoms with Crippen molar-refractivity contribution in [1.82, 2.24) is 20.9 Å². The molecule has 6 nitrogen and oxygen atoms in total. The van der Waals surface area contributed by atoms with Crippen molar-refractivity contribution in [1.29, 1.82) is 0 Å². The van der Waals surface area contributed by atoms with E-state index in [-0.39, 0.29) is 42.0 Å². The lowest BCUT2D eigenvalue weighted by atomic mass is 9.98. The molecule has 0 unspecified atom stereocenters. The number of carbonyl (C=O) groups is 1. The summed E-state index contributed by atoms with van der Waals surface area (Å²) in [5.74, 6) is 0.739. The van der Waals surface area contributed by atoms with Crippen molar-refractivity contribution < 1.29 is 4.79 Å². The number of guanidine groups is 1. The zero-order valence-corrected chi connectivity index (χ0v) is 17.7. The molecule has 0 radical (unpaired) electrons. The van der Waals surface area contributed by atoms with Gasteiger partial charge in [-0.15, -0.1) is 24.0 Å². The highest BCUT2D eigenvalue weighted by atomic mass is 127. The maximum Gasteiger partial charge on any atom is 0.242 e. The standard InChI is InChI=1S/C17H33N5O.HI/c1-4-18-16(19-12-15(23)21-14-8-9-14)20-13-17(2,3)22-10-6-5-7-11-22;/h14H,4-13H2,1-3H3,(H,21,23)(H2,18,19,20);1H. The van der Waals surface area contributed by atoms with Crippen LogP contribution in [-0.2, 0) is 4.79 Å². The molecule has 1 aliphatic carbocycles. The molecular formula is C17H34IN5O. The summed E-state index contributed by atoms with van der Waals surface area (Å²) >= 11 is 0. The fraction of sp³-hybridized carbons (Fsp3) is 0.882. The molecule has 0 atom stereocenters. The first-order chi connectivity index (χ1) is 11.0. The van der Waals surface area contributed by atoms with E-state index in [4.69, 9.17) is 0 Å². The van der Waals surface area contributed by atoms with Gasteiger partial charge in [-0.2, -0.15) is 0 Å². The molecule has 0 aromatic carbocycles. The summed E-state index contributed by atoms with van der Waals surface area (Å²) in [4.78, 5) is 18.7. The van der Waals surface area contributed by atoms with Crippen LogP contribution in [0.25, 0.3) is 0 Å². The van der Waals surface area contributed by atoms with Gasteiger partial charge in [-0.05, 0) is 59.5 Å². The second-order valence-corrected chi connectivity index (χ2v) is 7.25. The average molecular weight is 451 g/mol. The molecule has 24 heavy (non-hydrogen) atoms. The number of nitrogens with zero attached hydrogens (tertiary/aromatic N) is 2. The summed E-state index contributed by atoms with van der Waals surface area (Å²) in [5.41, 5.74) is 0.0902. The van der Waals surface area contributed by atoms with Crippen LogP contribution in [0.3, 0.4) is 0 Å². The van der Waals surface area contributed by atoms with E-state index in [0.29, 0.717) is 6.04 Å². The van der Waals surface area contributed by atoms with Crippen LogP contribution in [0.15, 0.2) is 4.99 Å². The number of nitrogens with one attached hydrogen (secondary N) is 3. The topological polar surface area (TPSA) is 68.8 Å². The molecule has 0 aromatic rings. The average Bonchev–Trinajstić information content (AvgIpc) is 3.35. The number of likely N-dealkylation sites (tertiary alicyclic amines) is 1. The number of amides is 1. The van der Waals surface area contributed by atoms with Gasteiger partial charge in [0, 0.05) is 24.7 Å². The van der Waals surface area contributed by atoms with E-state index in [9.17, 15) is 4.79 Å². The van der Waals surface area contributed by atoms with Gasteiger partial charge in [0.15, 0.2) is 5.96 Å². The zero-order chi connectivity index (χ0) is 16.7. The Morgan fingerprint density at radius 3 is 2.42 bits per heavy atom. The third-order valence-corrected chi connectivity index (χ3v) is 4.57. The first-order valence-electron chi connectivity index (χ1n) is 9.08. The van der Waals surface area contributed by atoms with E-state index < -0.39 is 0 Å². The number of halogens is 1. The fourth-order valence-electron chi connectivity index (χ4n) is 2.90. The minimum absolute atomic E-state index is 0. The van der Waals surface area contributed by atoms with E-state index in [1.807, 2.05) is 6.92 Å². The highest BCUT2D eigenvalue weighted by molar-refractivity contribution is 14.0. The first kappa shape index (κ1) is 21.5. The molecule has 2 fully saturated rings. The molecule has 0 bridgehead atoms. The van der Waals surface area contributed by atoms with Crippen molar-refractivity contribution in [2.45, 2.75) is 64.5 Å². The van der Waals surface area contributed by atoms with Gasteiger partial charge in [0.1, 0.15) is 6.54 Å². The molecule has 1 aliphatic heterocycles. The highest BCUT2D eigenvalue weighted by Crippen LogP contribution is 2.20. The van der Waals surface area contributed by atoms with Gasteiger partial charge in [-0.3, -0.25) is 9.69 Å². The second kappa shape index (κ2) is 10.4. The molecule has 2 rings (SSSR count). The number of carbonyl (C=O) groups excluding carboxylic acids is 1. The Morgan fingerprint density at radius 2 is 1.83 bits per heavy atom. The predicted octanol–water partition coefficient (Wildman–Crippen LogP) is 1.70. The van der Waals surface area contributed by atoms with Crippen molar-refractivity contribution in [3.8, 4) is 0 Å². The monoisotopic (exact) mass is 451 g/mol. The molecule has 3 N–H and O–H groups in total. The van der Waals surface area contributed by atoms with Crippen LogP contribution in [0.1, 0.15) is 52.9 Å². The van der Waals surface area contributed by atoms with Gasteiger partial charge in [-0.25, -0.2) is 4.99 Å². The maximum absolute atomic E-state index is 11.8. The van der Waals surface area contributed by atoms with Gasteiger partial charge >= 0.3 is 0 Å². The Bertz CT molecular complexity index is 417. The molecular weight excluding hydrogens is 417 g/mol. The molecule has 1 saturated heterocycles. The smallest absolute Gasteiger partial charge is 0.242 e. The molecule has 1 saturated carbocycles. The van der Waals surface area contributed by atoms with Gasteiger partial charge in [-0.1, -0.05) is 6.42 Å². The Hall–Kier alpha value is -0.570. The molecule has 0 spiro atoms. The van der Waals surface area contributed by atoms with E-state index in [1.165, 1.54) is 32.4 Å². The predicted molar refractivity (Wildman–Crippen MR) is 110 cm³/mol. The van der Waals surface area contributed by atoms with Crippen molar-refractivity contribution in [2.75, 3.05) is 32.7 Å². The number of hydrogen-bond donors (Lipinski definition) is 3. The maximum atomic E-state index is 11.8. The van der Waals surface area contributed by atoms with Gasteiger partial charge in [0.05, 0.1) is 0 Å². The molecule has 0 aromatic heterocycles. The normalized spacial score (nSPS) is 19.4. The van der Waals surface area contributed by atoms with E-state index >= 15 is 0 Å². The van der Waals surface area contributed by atoms with Crippen LogP contribution in [0, 0.1) is 0 Å². The van der Waals surface area contributed by atoms with E-state index in [0.717, 1.165) is 31.9 Å². The van der Waals surface area contributed by atoms with Crippen LogP contribution >= 0.6 is 24.0 Å². The number of aliphatic imine (C=N–C) groups is 1. The van der Waals surface area contributed by atoms with Crippen LogP contribution in [-0.4, -0.2) is 61.1 Å². The summed E-state index contributed by atoms with van der Waals surface area (Å²) in [6.07, 6.45) is 6.15. The Labute approximate surface area is 163 Å². The second-order valence-electron chi connectivity index (χ2n) is 7.25. The third-order valence-electron chi connectivity index (χ3n) is 4.57. The molecule has 140 valence electrons. The van der Waals surface area contributed by atoms with Crippen LogP contribution < -0.4 is 16.0 Å². The summed E-state index contributed by atoms with van der Waals surface area (Å²) < 4.78 is 0. The van der Waals surface area contributed by atoms with Crippen LogP contribution in [0.2, 0.25) is 0 Å². The SMILES string of the molecule is CCNC(=NCC(=O)NC1CC1)NCC(C)(C)N1CCCCC1.I. The quantitative estimate of drug-likeness (QED) is 0.313. The lowest BCUT2D eigenvalue weighted by Crippen LogP contribution is -2.55. The van der Waals surface area contributed by atoms with Gasteiger partial charge < -0.3 is 16.0 Å². The highest BCUT2D eigenvalue weighted by Gasteiger charge is 2.28. The lowest BCUT2D eigenvalue weighted by molar-refractivity contribution is -0.119. The minimum atomic E-state index is 0. The first-order valence-corrected chi connectivity index (χ1v) is 9.08.